The number of pyridine rings is 1. The van der Waals surface area contributed by atoms with E-state index in [1.54, 1.807) is 4.50 Å². The second kappa shape index (κ2) is 10.1. The van der Waals surface area contributed by atoms with Crippen LogP contribution in [0.25, 0.3) is 32.1 Å². The van der Waals surface area contributed by atoms with Crippen molar-refractivity contribution in [1.82, 2.24) is 4.98 Å². The molecular formula is C37H37NSSi. The minimum Gasteiger partial charge on any atom is -0.255 e. The van der Waals surface area contributed by atoms with E-state index >= 15 is 0 Å². The highest BCUT2D eigenvalue weighted by Gasteiger charge is 2.45. The maximum atomic E-state index is 5.06. The van der Waals surface area contributed by atoms with Crippen molar-refractivity contribution in [3.63, 3.8) is 0 Å². The third kappa shape index (κ3) is 4.24. The number of aromatic nitrogens is 1. The van der Waals surface area contributed by atoms with Gasteiger partial charge in [0.2, 0.25) is 0 Å². The maximum absolute atomic E-state index is 5.06. The monoisotopic (exact) mass is 555 g/mol. The second-order valence-electron chi connectivity index (χ2n) is 12.3. The lowest BCUT2D eigenvalue weighted by molar-refractivity contribution is 0.596. The minimum atomic E-state index is -2.35. The van der Waals surface area contributed by atoms with Crippen LogP contribution in [0.4, 0.5) is 0 Å². The Balaban J connectivity index is 1.67. The van der Waals surface area contributed by atoms with E-state index in [1.165, 1.54) is 47.9 Å². The highest BCUT2D eigenvalue weighted by Crippen LogP contribution is 2.39. The molecule has 0 spiro atoms. The molecule has 0 fully saturated rings. The van der Waals surface area contributed by atoms with Crippen molar-refractivity contribution in [3.8, 4) is 11.3 Å². The largest absolute Gasteiger partial charge is 0.255 e. The predicted octanol–water partition coefficient (Wildman–Crippen LogP) is 8.60. The number of hydrogen-bond acceptors (Lipinski definition) is 2. The molecule has 0 atom stereocenters. The van der Waals surface area contributed by atoms with Crippen LogP contribution in [-0.4, -0.2) is 13.1 Å². The molecule has 0 saturated carbocycles. The van der Waals surface area contributed by atoms with Crippen LogP contribution >= 0.6 is 11.3 Å². The molecule has 6 rings (SSSR count). The summed E-state index contributed by atoms with van der Waals surface area (Å²) in [5.74, 6) is 0. The first-order valence-electron chi connectivity index (χ1n) is 14.3. The van der Waals surface area contributed by atoms with Crippen molar-refractivity contribution in [2.24, 2.45) is 0 Å². The van der Waals surface area contributed by atoms with E-state index in [0.29, 0.717) is 5.54 Å². The van der Waals surface area contributed by atoms with Crippen LogP contribution < -0.4 is 14.9 Å². The van der Waals surface area contributed by atoms with Gasteiger partial charge in [-0.05, 0) is 73.7 Å². The molecule has 0 radical (unpaired) electrons. The summed E-state index contributed by atoms with van der Waals surface area (Å²) in [7, 11) is -2.35. The van der Waals surface area contributed by atoms with E-state index in [2.05, 4.69) is 145 Å². The van der Waals surface area contributed by atoms with Gasteiger partial charge in [-0.2, -0.15) is 0 Å². The molecule has 40 heavy (non-hydrogen) atoms. The van der Waals surface area contributed by atoms with E-state index in [0.717, 1.165) is 5.69 Å². The Labute approximate surface area is 243 Å². The zero-order chi connectivity index (χ0) is 28.1. The molecule has 4 aromatic carbocycles. The molecule has 200 valence electrons. The molecule has 0 aliphatic carbocycles. The van der Waals surface area contributed by atoms with Gasteiger partial charge < -0.3 is 0 Å². The van der Waals surface area contributed by atoms with Gasteiger partial charge in [-0.25, -0.2) is 0 Å². The molecule has 0 aliphatic heterocycles. The van der Waals surface area contributed by atoms with E-state index in [4.69, 9.17) is 4.98 Å². The number of aryl methyl sites for hydroxylation is 1. The number of fused-ring (bicyclic) bond motifs is 2. The van der Waals surface area contributed by atoms with Gasteiger partial charge in [0.25, 0.3) is 0 Å². The number of rotatable bonds is 5. The zero-order valence-corrected chi connectivity index (χ0v) is 26.1. The highest BCUT2D eigenvalue weighted by atomic mass is 32.1. The molecule has 0 aliphatic rings. The van der Waals surface area contributed by atoms with Crippen molar-refractivity contribution in [1.29, 1.82) is 0 Å². The fraction of sp³-hybridized carbons (Fsp3) is 0.216. The standard InChI is InChI=1S/C37H37NSSi/c1-25(2)40(29-16-9-7-10-17-29,30-18-11-8-12-19-30)36-26(3)31-21-22-38-34(35(31)39-36)28-23-27-15-13-14-20-32(27)33(24-28)37(4,5)6/h7-25H,1-6H3. The summed E-state index contributed by atoms with van der Waals surface area (Å²) in [6.45, 7) is 14.1. The number of benzene rings is 4. The molecule has 0 bridgehead atoms. The van der Waals surface area contributed by atoms with Crippen LogP contribution in [0.1, 0.15) is 45.7 Å². The topological polar surface area (TPSA) is 12.9 Å². The average Bonchev–Trinajstić information content (AvgIpc) is 3.30. The van der Waals surface area contributed by atoms with Gasteiger partial charge in [0.1, 0.15) is 0 Å². The van der Waals surface area contributed by atoms with Crippen molar-refractivity contribution >= 4 is 55.1 Å². The molecule has 0 saturated heterocycles. The van der Waals surface area contributed by atoms with E-state index in [-0.39, 0.29) is 5.41 Å². The molecular weight excluding hydrogens is 519 g/mol. The third-order valence-electron chi connectivity index (χ3n) is 8.48. The minimum absolute atomic E-state index is 0.0281. The fourth-order valence-corrected chi connectivity index (χ4v) is 14.9. The first-order chi connectivity index (χ1) is 19.2. The summed E-state index contributed by atoms with van der Waals surface area (Å²) in [4.78, 5) is 5.06. The first-order valence-corrected chi connectivity index (χ1v) is 17.2. The van der Waals surface area contributed by atoms with Gasteiger partial charge in [-0.15, -0.1) is 11.3 Å². The molecule has 0 unspecified atom stereocenters. The van der Waals surface area contributed by atoms with Gasteiger partial charge in [0.05, 0.1) is 10.4 Å². The van der Waals surface area contributed by atoms with Crippen LogP contribution in [-0.2, 0) is 5.41 Å². The Morgan fingerprint density at radius 3 is 1.93 bits per heavy atom. The Bertz CT molecular complexity index is 1770. The van der Waals surface area contributed by atoms with E-state index in [9.17, 15) is 0 Å². The Morgan fingerprint density at radius 2 is 1.32 bits per heavy atom. The van der Waals surface area contributed by atoms with Crippen LogP contribution in [0.15, 0.2) is 109 Å². The molecule has 6 aromatic rings. The molecule has 1 nitrogen and oxygen atoms in total. The normalized spacial score (nSPS) is 12.5. The average molecular weight is 556 g/mol. The lowest BCUT2D eigenvalue weighted by atomic mass is 9.82. The van der Waals surface area contributed by atoms with Crippen molar-refractivity contribution in [2.75, 3.05) is 0 Å². The summed E-state index contributed by atoms with van der Waals surface area (Å²) in [6.07, 6.45) is 2.01. The summed E-state index contributed by atoms with van der Waals surface area (Å²) in [5.41, 5.74) is 5.59. The Hall–Kier alpha value is -3.53. The summed E-state index contributed by atoms with van der Waals surface area (Å²) in [5, 5.41) is 6.88. The SMILES string of the molecule is Cc1c([Si](c2ccccc2)(c2ccccc2)C(C)C)sc2c(-c3cc(C(C)(C)C)c4ccccc4c3)nccc12. The van der Waals surface area contributed by atoms with Crippen molar-refractivity contribution in [2.45, 2.75) is 52.5 Å². The van der Waals surface area contributed by atoms with Crippen molar-refractivity contribution in [3.05, 3.63) is 120 Å². The summed E-state index contributed by atoms with van der Waals surface area (Å²) >= 11 is 1.99. The van der Waals surface area contributed by atoms with Gasteiger partial charge >= 0.3 is 0 Å². The van der Waals surface area contributed by atoms with E-state index < -0.39 is 8.07 Å². The highest BCUT2D eigenvalue weighted by molar-refractivity contribution is 7.37. The number of nitrogens with zero attached hydrogens (tertiary/aromatic N) is 1. The van der Waals surface area contributed by atoms with Crippen LogP contribution in [0.2, 0.25) is 5.54 Å². The van der Waals surface area contributed by atoms with Crippen LogP contribution in [0.3, 0.4) is 0 Å². The molecule has 2 heterocycles. The van der Waals surface area contributed by atoms with Gasteiger partial charge in [-0.1, -0.05) is 120 Å². The molecule has 3 heteroatoms. The zero-order valence-electron chi connectivity index (χ0n) is 24.3. The smallest absolute Gasteiger partial charge is 0.163 e. The Morgan fingerprint density at radius 1 is 0.725 bits per heavy atom. The third-order valence-corrected chi connectivity index (χ3v) is 16.2. The van der Waals surface area contributed by atoms with Crippen molar-refractivity contribution < 1.29 is 0 Å². The number of hydrogen-bond donors (Lipinski definition) is 0. The quantitative estimate of drug-likeness (QED) is 0.194. The van der Waals surface area contributed by atoms with Gasteiger partial charge in [-0.3, -0.25) is 4.98 Å². The lowest BCUT2D eigenvalue weighted by Gasteiger charge is -2.36. The molecule has 0 amide bonds. The first kappa shape index (κ1) is 26.7. The summed E-state index contributed by atoms with van der Waals surface area (Å²) < 4.78 is 2.84. The lowest BCUT2D eigenvalue weighted by Crippen LogP contribution is -2.68. The van der Waals surface area contributed by atoms with E-state index in [1.807, 2.05) is 17.5 Å². The van der Waals surface area contributed by atoms with Gasteiger partial charge in [0.15, 0.2) is 8.07 Å². The van der Waals surface area contributed by atoms with Gasteiger partial charge in [0, 0.05) is 16.3 Å². The number of thiophene rings is 1. The van der Waals surface area contributed by atoms with Crippen LogP contribution in [0, 0.1) is 6.92 Å². The predicted molar refractivity (Wildman–Crippen MR) is 179 cm³/mol. The Kier molecular flexibility index (Phi) is 6.76. The summed E-state index contributed by atoms with van der Waals surface area (Å²) in [6, 6.07) is 38.3. The molecule has 0 N–H and O–H groups in total. The maximum Gasteiger partial charge on any atom is 0.163 e. The van der Waals surface area contributed by atoms with Crippen LogP contribution in [0.5, 0.6) is 0 Å². The molecule has 2 aromatic heterocycles. The second-order valence-corrected chi connectivity index (χ2v) is 18.1. The fourth-order valence-electron chi connectivity index (χ4n) is 6.56.